The molecule has 1 N–H and O–H groups in total. The fraction of sp³-hybridized carbons (Fsp3) is 0.478. The third-order valence-corrected chi connectivity index (χ3v) is 5.50. The normalized spacial score (nSPS) is 15.2. The SMILES string of the molecule is COc1cccc(C(CNCc2ccc(OC)c(OC)c2OC)N2CCCC2)c1. The summed E-state index contributed by atoms with van der Waals surface area (Å²) in [5.74, 6) is 2.89. The molecule has 1 heterocycles. The van der Waals surface area contributed by atoms with E-state index in [1.54, 1.807) is 28.4 Å². The topological polar surface area (TPSA) is 52.2 Å². The minimum atomic E-state index is 0.304. The first-order valence-electron chi connectivity index (χ1n) is 10.1. The summed E-state index contributed by atoms with van der Waals surface area (Å²) in [6.45, 7) is 3.77. The summed E-state index contributed by atoms with van der Waals surface area (Å²) in [5, 5.41) is 3.62. The largest absolute Gasteiger partial charge is 0.497 e. The van der Waals surface area contributed by atoms with Crippen LogP contribution >= 0.6 is 0 Å². The Labute approximate surface area is 173 Å². The Kier molecular flexibility index (Phi) is 7.61. The molecule has 0 amide bonds. The van der Waals surface area contributed by atoms with Crippen LogP contribution in [0.2, 0.25) is 0 Å². The van der Waals surface area contributed by atoms with Crippen LogP contribution in [0.5, 0.6) is 23.0 Å². The van der Waals surface area contributed by atoms with Crippen molar-refractivity contribution >= 4 is 0 Å². The van der Waals surface area contributed by atoms with Gasteiger partial charge in [0.15, 0.2) is 11.5 Å². The van der Waals surface area contributed by atoms with Gasteiger partial charge in [-0.05, 0) is 49.7 Å². The summed E-state index contributed by atoms with van der Waals surface area (Å²) in [7, 11) is 6.63. The Morgan fingerprint density at radius 1 is 0.897 bits per heavy atom. The van der Waals surface area contributed by atoms with Gasteiger partial charge in [-0.3, -0.25) is 4.90 Å². The van der Waals surface area contributed by atoms with Crippen molar-refractivity contribution in [3.63, 3.8) is 0 Å². The highest BCUT2D eigenvalue weighted by Crippen LogP contribution is 2.39. The number of likely N-dealkylation sites (tertiary alicyclic amines) is 1. The fourth-order valence-electron chi connectivity index (χ4n) is 4.01. The molecule has 6 nitrogen and oxygen atoms in total. The van der Waals surface area contributed by atoms with E-state index in [1.165, 1.54) is 18.4 Å². The molecule has 29 heavy (non-hydrogen) atoms. The monoisotopic (exact) mass is 400 g/mol. The van der Waals surface area contributed by atoms with Crippen LogP contribution in [0.25, 0.3) is 0 Å². The Balaban J connectivity index is 1.75. The molecule has 2 aromatic rings. The number of ether oxygens (including phenoxy) is 4. The second-order valence-electron chi connectivity index (χ2n) is 7.16. The van der Waals surface area contributed by atoms with E-state index in [0.717, 1.165) is 30.9 Å². The lowest BCUT2D eigenvalue weighted by Crippen LogP contribution is -2.34. The maximum absolute atomic E-state index is 5.61. The highest BCUT2D eigenvalue weighted by atomic mass is 16.5. The molecule has 1 aliphatic heterocycles. The third kappa shape index (κ3) is 4.95. The second kappa shape index (κ2) is 10.4. The van der Waals surface area contributed by atoms with Gasteiger partial charge in [0.2, 0.25) is 5.75 Å². The molecular weight excluding hydrogens is 368 g/mol. The van der Waals surface area contributed by atoms with Crippen molar-refractivity contribution in [3.05, 3.63) is 47.5 Å². The van der Waals surface area contributed by atoms with Gasteiger partial charge >= 0.3 is 0 Å². The maximum Gasteiger partial charge on any atom is 0.203 e. The Bertz CT molecular complexity index is 790. The summed E-state index contributed by atoms with van der Waals surface area (Å²) in [4.78, 5) is 2.55. The summed E-state index contributed by atoms with van der Waals surface area (Å²) < 4.78 is 21.9. The van der Waals surface area contributed by atoms with Crippen molar-refractivity contribution in [1.82, 2.24) is 10.2 Å². The molecule has 0 aliphatic carbocycles. The van der Waals surface area contributed by atoms with Gasteiger partial charge < -0.3 is 24.3 Å². The molecule has 0 saturated carbocycles. The lowest BCUT2D eigenvalue weighted by atomic mass is 10.0. The predicted molar refractivity (Wildman–Crippen MR) is 114 cm³/mol. The van der Waals surface area contributed by atoms with E-state index in [9.17, 15) is 0 Å². The number of methoxy groups -OCH3 is 4. The molecule has 1 unspecified atom stereocenters. The molecule has 0 aromatic heterocycles. The van der Waals surface area contributed by atoms with Gasteiger partial charge in [-0.15, -0.1) is 0 Å². The zero-order valence-electron chi connectivity index (χ0n) is 17.9. The number of benzene rings is 2. The molecule has 3 rings (SSSR count). The molecule has 0 radical (unpaired) electrons. The molecule has 0 spiro atoms. The Morgan fingerprint density at radius 3 is 2.31 bits per heavy atom. The van der Waals surface area contributed by atoms with E-state index in [0.29, 0.717) is 29.8 Å². The Morgan fingerprint density at radius 2 is 1.66 bits per heavy atom. The van der Waals surface area contributed by atoms with Crippen LogP contribution in [-0.2, 0) is 6.54 Å². The lowest BCUT2D eigenvalue weighted by Gasteiger charge is -2.29. The molecule has 2 aromatic carbocycles. The van der Waals surface area contributed by atoms with Gasteiger partial charge in [-0.2, -0.15) is 0 Å². The summed E-state index contributed by atoms with van der Waals surface area (Å²) in [6.07, 6.45) is 2.51. The summed E-state index contributed by atoms with van der Waals surface area (Å²) in [6, 6.07) is 12.6. The lowest BCUT2D eigenvalue weighted by molar-refractivity contribution is 0.237. The van der Waals surface area contributed by atoms with E-state index in [2.05, 4.69) is 28.4 Å². The summed E-state index contributed by atoms with van der Waals surface area (Å²) in [5.41, 5.74) is 2.31. The highest BCUT2D eigenvalue weighted by Gasteiger charge is 2.24. The minimum absolute atomic E-state index is 0.304. The quantitative estimate of drug-likeness (QED) is 0.657. The van der Waals surface area contributed by atoms with Crippen LogP contribution in [0.4, 0.5) is 0 Å². The highest BCUT2D eigenvalue weighted by molar-refractivity contribution is 5.55. The molecule has 1 saturated heterocycles. The smallest absolute Gasteiger partial charge is 0.203 e. The third-order valence-electron chi connectivity index (χ3n) is 5.50. The van der Waals surface area contributed by atoms with Gasteiger partial charge in [-0.1, -0.05) is 18.2 Å². The zero-order chi connectivity index (χ0) is 20.6. The van der Waals surface area contributed by atoms with Crippen LogP contribution in [0.15, 0.2) is 36.4 Å². The average molecular weight is 401 g/mol. The second-order valence-corrected chi connectivity index (χ2v) is 7.16. The maximum atomic E-state index is 5.61. The van der Waals surface area contributed by atoms with Crippen LogP contribution in [-0.4, -0.2) is 53.0 Å². The fourth-order valence-corrected chi connectivity index (χ4v) is 4.01. The van der Waals surface area contributed by atoms with Crippen molar-refractivity contribution in [2.75, 3.05) is 48.1 Å². The molecule has 1 fully saturated rings. The standard InChI is InChI=1S/C23H32N2O4/c1-26-19-9-7-8-17(14-19)20(25-12-5-6-13-25)16-24-15-18-10-11-21(27-2)23(29-4)22(18)28-3/h7-11,14,20,24H,5-6,12-13,15-16H2,1-4H3. The van der Waals surface area contributed by atoms with E-state index in [-0.39, 0.29) is 0 Å². The van der Waals surface area contributed by atoms with E-state index >= 15 is 0 Å². The van der Waals surface area contributed by atoms with Crippen LogP contribution in [0.3, 0.4) is 0 Å². The first kappa shape index (κ1) is 21.3. The van der Waals surface area contributed by atoms with Crippen LogP contribution in [0.1, 0.15) is 30.0 Å². The molecular formula is C23H32N2O4. The van der Waals surface area contributed by atoms with Crippen LogP contribution < -0.4 is 24.3 Å². The first-order chi connectivity index (χ1) is 14.2. The minimum Gasteiger partial charge on any atom is -0.497 e. The number of nitrogens with one attached hydrogen (secondary N) is 1. The average Bonchev–Trinajstić information content (AvgIpc) is 3.30. The number of hydrogen-bond acceptors (Lipinski definition) is 6. The van der Waals surface area contributed by atoms with Gasteiger partial charge in [0, 0.05) is 24.7 Å². The number of nitrogens with zero attached hydrogens (tertiary/aromatic N) is 1. The van der Waals surface area contributed by atoms with E-state index in [4.69, 9.17) is 18.9 Å². The Hall–Kier alpha value is -2.44. The van der Waals surface area contributed by atoms with Crippen molar-refractivity contribution < 1.29 is 18.9 Å². The van der Waals surface area contributed by atoms with Crippen molar-refractivity contribution in [1.29, 1.82) is 0 Å². The van der Waals surface area contributed by atoms with Gasteiger partial charge in [0.1, 0.15) is 5.75 Å². The van der Waals surface area contributed by atoms with Crippen LogP contribution in [0, 0.1) is 0 Å². The molecule has 0 bridgehead atoms. The van der Waals surface area contributed by atoms with Gasteiger partial charge in [-0.25, -0.2) is 0 Å². The van der Waals surface area contributed by atoms with Gasteiger partial charge in [0.05, 0.1) is 28.4 Å². The molecule has 158 valence electrons. The molecule has 6 heteroatoms. The summed E-state index contributed by atoms with van der Waals surface area (Å²) >= 11 is 0. The van der Waals surface area contributed by atoms with Crippen molar-refractivity contribution in [2.45, 2.75) is 25.4 Å². The van der Waals surface area contributed by atoms with Crippen molar-refractivity contribution in [3.8, 4) is 23.0 Å². The van der Waals surface area contributed by atoms with E-state index in [1.807, 2.05) is 18.2 Å². The zero-order valence-corrected chi connectivity index (χ0v) is 17.9. The predicted octanol–water partition coefficient (Wildman–Crippen LogP) is 3.65. The van der Waals surface area contributed by atoms with Gasteiger partial charge in [0.25, 0.3) is 0 Å². The molecule has 1 aliphatic rings. The van der Waals surface area contributed by atoms with Crippen molar-refractivity contribution in [2.24, 2.45) is 0 Å². The van der Waals surface area contributed by atoms with E-state index < -0.39 is 0 Å². The first-order valence-corrected chi connectivity index (χ1v) is 10.1. The number of rotatable bonds is 10. The molecule has 1 atom stereocenters. The number of hydrogen-bond donors (Lipinski definition) is 1.